The number of hydrogen-bond acceptors (Lipinski definition) is 4. The van der Waals surface area contributed by atoms with Gasteiger partial charge >= 0.3 is 0 Å². The molecular formula is C21H22O4. The van der Waals surface area contributed by atoms with Gasteiger partial charge in [-0.05, 0) is 43.5 Å². The maximum atomic E-state index is 12.1. The van der Waals surface area contributed by atoms with Crippen molar-refractivity contribution in [2.24, 2.45) is 0 Å². The average molecular weight is 338 g/mol. The van der Waals surface area contributed by atoms with Crippen LogP contribution < -0.4 is 0 Å². The Hall–Kier alpha value is -2.72. The molecule has 2 N–H and O–H groups in total. The van der Waals surface area contributed by atoms with Gasteiger partial charge in [-0.2, -0.15) is 0 Å². The molecule has 0 aromatic heterocycles. The maximum Gasteiger partial charge on any atom is 0.191 e. The van der Waals surface area contributed by atoms with Crippen molar-refractivity contribution in [1.29, 1.82) is 0 Å². The van der Waals surface area contributed by atoms with Gasteiger partial charge < -0.3 is 10.2 Å². The van der Waals surface area contributed by atoms with Crippen molar-refractivity contribution in [2.75, 3.05) is 0 Å². The fraction of sp³-hybridized carbons (Fsp3) is 0.238. The topological polar surface area (TPSA) is 74.6 Å². The number of ketones is 2. The highest BCUT2D eigenvalue weighted by atomic mass is 16.3. The van der Waals surface area contributed by atoms with Crippen LogP contribution in [0.5, 0.6) is 5.75 Å². The van der Waals surface area contributed by atoms with Gasteiger partial charge in [-0.3, -0.25) is 9.59 Å². The third-order valence-electron chi connectivity index (χ3n) is 3.98. The van der Waals surface area contributed by atoms with E-state index in [9.17, 15) is 19.8 Å². The first-order chi connectivity index (χ1) is 11.6. The van der Waals surface area contributed by atoms with Crippen LogP contribution in [-0.2, 0) is 11.2 Å². The summed E-state index contributed by atoms with van der Waals surface area (Å²) in [4.78, 5) is 24.0. The van der Waals surface area contributed by atoms with E-state index in [-0.39, 0.29) is 29.3 Å². The molecule has 0 unspecified atom stereocenters. The molecule has 0 aliphatic rings. The largest absolute Gasteiger partial charge is 0.507 e. The van der Waals surface area contributed by atoms with E-state index < -0.39 is 5.60 Å². The van der Waals surface area contributed by atoms with E-state index in [0.717, 1.165) is 11.1 Å². The summed E-state index contributed by atoms with van der Waals surface area (Å²) in [5.74, 6) is -0.653. The zero-order chi connectivity index (χ0) is 18.8. The minimum Gasteiger partial charge on any atom is -0.507 e. The minimum atomic E-state index is -1.37. The third-order valence-corrected chi connectivity index (χ3v) is 3.98. The lowest BCUT2D eigenvalue weighted by Crippen LogP contribution is -2.32. The number of benzene rings is 2. The fourth-order valence-electron chi connectivity index (χ4n) is 2.39. The first-order valence-corrected chi connectivity index (χ1v) is 7.98. The molecule has 0 aliphatic heterocycles. The Kier molecular flexibility index (Phi) is 5.24. The monoisotopic (exact) mass is 338 g/mol. The van der Waals surface area contributed by atoms with Crippen LogP contribution in [0.1, 0.15) is 36.7 Å². The molecule has 0 spiro atoms. The number of carbonyl (C=O) groups is 2. The lowest BCUT2D eigenvalue weighted by molar-refractivity contribution is -0.133. The standard InChI is InChI=1S/C21H22O4/c1-13(2)19(23)17-7-5-6-16(20(17)24)15-10-8-14(9-11-15)12-18(22)21(3,4)25/h5-11,24-25H,1,12H2,2-4H3. The van der Waals surface area contributed by atoms with Crippen molar-refractivity contribution in [3.63, 3.8) is 0 Å². The molecule has 0 amide bonds. The van der Waals surface area contributed by atoms with Gasteiger partial charge in [-0.15, -0.1) is 0 Å². The van der Waals surface area contributed by atoms with Crippen LogP contribution in [0.15, 0.2) is 54.6 Å². The summed E-state index contributed by atoms with van der Waals surface area (Å²) in [5, 5.41) is 20.2. The van der Waals surface area contributed by atoms with Crippen molar-refractivity contribution in [3.8, 4) is 16.9 Å². The molecule has 0 bridgehead atoms. The highest BCUT2D eigenvalue weighted by molar-refractivity contribution is 6.10. The third kappa shape index (κ3) is 4.22. The second-order valence-corrected chi connectivity index (χ2v) is 6.67. The normalized spacial score (nSPS) is 11.2. The molecule has 0 saturated carbocycles. The number of Topliss-reactive ketones (excluding diaryl/α,β-unsaturated/α-hetero) is 2. The Balaban J connectivity index is 2.32. The molecule has 0 heterocycles. The molecule has 2 aromatic rings. The Morgan fingerprint density at radius 2 is 1.68 bits per heavy atom. The Morgan fingerprint density at radius 3 is 2.20 bits per heavy atom. The number of hydrogen-bond donors (Lipinski definition) is 2. The number of phenolic OH excluding ortho intramolecular Hbond substituents is 1. The second kappa shape index (κ2) is 7.03. The number of rotatable bonds is 6. The molecule has 0 atom stereocenters. The van der Waals surface area contributed by atoms with E-state index in [1.807, 2.05) is 0 Å². The van der Waals surface area contributed by atoms with E-state index >= 15 is 0 Å². The molecule has 2 rings (SSSR count). The smallest absolute Gasteiger partial charge is 0.191 e. The van der Waals surface area contributed by atoms with Gasteiger partial charge in [0.25, 0.3) is 0 Å². The number of allylic oxidation sites excluding steroid dienone is 1. The summed E-state index contributed by atoms with van der Waals surface area (Å²) in [6.45, 7) is 8.15. The molecule has 25 heavy (non-hydrogen) atoms. The molecule has 0 fully saturated rings. The van der Waals surface area contributed by atoms with Crippen LogP contribution >= 0.6 is 0 Å². The number of aromatic hydroxyl groups is 1. The number of carbonyl (C=O) groups excluding carboxylic acids is 2. The van der Waals surface area contributed by atoms with Crippen LogP contribution in [0, 0.1) is 0 Å². The van der Waals surface area contributed by atoms with E-state index in [2.05, 4.69) is 6.58 Å². The molecule has 130 valence electrons. The predicted molar refractivity (Wildman–Crippen MR) is 97.7 cm³/mol. The quantitative estimate of drug-likeness (QED) is 0.622. The first kappa shape index (κ1) is 18.6. The summed E-state index contributed by atoms with van der Waals surface area (Å²) >= 11 is 0. The zero-order valence-corrected chi connectivity index (χ0v) is 14.7. The fourth-order valence-corrected chi connectivity index (χ4v) is 2.39. The van der Waals surface area contributed by atoms with Gasteiger partial charge in [0.15, 0.2) is 11.6 Å². The SMILES string of the molecule is C=C(C)C(=O)c1cccc(-c2ccc(CC(=O)C(C)(C)O)cc2)c1O. The van der Waals surface area contributed by atoms with E-state index in [1.54, 1.807) is 49.4 Å². The zero-order valence-electron chi connectivity index (χ0n) is 14.7. The summed E-state index contributed by atoms with van der Waals surface area (Å²) in [7, 11) is 0. The molecule has 2 aromatic carbocycles. The highest BCUT2D eigenvalue weighted by Crippen LogP contribution is 2.33. The van der Waals surface area contributed by atoms with Crippen LogP contribution in [0.2, 0.25) is 0 Å². The molecule has 0 aliphatic carbocycles. The number of aliphatic hydroxyl groups is 1. The van der Waals surface area contributed by atoms with Gasteiger partial charge in [0, 0.05) is 12.0 Å². The van der Waals surface area contributed by atoms with Crippen molar-refractivity contribution in [3.05, 3.63) is 65.7 Å². The van der Waals surface area contributed by atoms with Crippen molar-refractivity contribution in [2.45, 2.75) is 32.8 Å². The van der Waals surface area contributed by atoms with Crippen molar-refractivity contribution >= 4 is 11.6 Å². The van der Waals surface area contributed by atoms with Gasteiger partial charge in [0.2, 0.25) is 0 Å². The predicted octanol–water partition coefficient (Wildman–Crippen LogP) is 3.70. The van der Waals surface area contributed by atoms with Gasteiger partial charge in [-0.1, -0.05) is 43.0 Å². The molecular weight excluding hydrogens is 316 g/mol. The molecule has 4 nitrogen and oxygen atoms in total. The second-order valence-electron chi connectivity index (χ2n) is 6.67. The summed E-state index contributed by atoms with van der Waals surface area (Å²) < 4.78 is 0. The van der Waals surface area contributed by atoms with Crippen molar-refractivity contribution in [1.82, 2.24) is 0 Å². The summed E-state index contributed by atoms with van der Waals surface area (Å²) in [5.41, 5.74) is 1.23. The van der Waals surface area contributed by atoms with E-state index in [0.29, 0.717) is 11.1 Å². The summed E-state index contributed by atoms with van der Waals surface area (Å²) in [6.07, 6.45) is 0.129. The van der Waals surface area contributed by atoms with E-state index in [4.69, 9.17) is 0 Å². The van der Waals surface area contributed by atoms with Gasteiger partial charge in [0.05, 0.1) is 5.56 Å². The van der Waals surface area contributed by atoms with Crippen LogP contribution in [0.25, 0.3) is 11.1 Å². The minimum absolute atomic E-state index is 0.0872. The Labute approximate surface area is 147 Å². The average Bonchev–Trinajstić information content (AvgIpc) is 2.54. The lowest BCUT2D eigenvalue weighted by Gasteiger charge is -2.15. The molecule has 0 saturated heterocycles. The maximum absolute atomic E-state index is 12.1. The number of phenols is 1. The molecule has 0 radical (unpaired) electrons. The number of para-hydroxylation sites is 1. The van der Waals surface area contributed by atoms with Gasteiger partial charge in [-0.25, -0.2) is 0 Å². The van der Waals surface area contributed by atoms with Crippen LogP contribution in [-0.4, -0.2) is 27.4 Å². The highest BCUT2D eigenvalue weighted by Gasteiger charge is 2.23. The Morgan fingerprint density at radius 1 is 1.08 bits per heavy atom. The first-order valence-electron chi connectivity index (χ1n) is 7.98. The Bertz CT molecular complexity index is 824. The van der Waals surface area contributed by atoms with Crippen molar-refractivity contribution < 1.29 is 19.8 Å². The molecule has 4 heteroatoms. The van der Waals surface area contributed by atoms with E-state index in [1.165, 1.54) is 13.8 Å². The van der Waals surface area contributed by atoms with Gasteiger partial charge in [0.1, 0.15) is 11.4 Å². The van der Waals surface area contributed by atoms with Crippen LogP contribution in [0.4, 0.5) is 0 Å². The summed E-state index contributed by atoms with van der Waals surface area (Å²) in [6, 6.07) is 12.1. The van der Waals surface area contributed by atoms with Crippen LogP contribution in [0.3, 0.4) is 0 Å². The lowest BCUT2D eigenvalue weighted by atomic mass is 9.94.